The fraction of sp³-hybridized carbons (Fsp3) is 0.316. The fourth-order valence-electron chi connectivity index (χ4n) is 2.90. The Hall–Kier alpha value is -2.54. The van der Waals surface area contributed by atoms with Crippen molar-refractivity contribution in [3.8, 4) is 0 Å². The number of Topliss-reactive ketones (excluding diaryl/α,β-unsaturated/α-hetero) is 2. The number of amides is 1. The summed E-state index contributed by atoms with van der Waals surface area (Å²) in [5.74, 6) is -0.433. The van der Waals surface area contributed by atoms with E-state index in [1.807, 2.05) is 24.3 Å². The number of nitrogens with one attached hydrogen (secondary N) is 2. The number of primary amides is 1. The van der Waals surface area contributed by atoms with Gasteiger partial charge in [-0.1, -0.05) is 12.1 Å². The van der Waals surface area contributed by atoms with Gasteiger partial charge in [0.05, 0.1) is 17.5 Å². The van der Waals surface area contributed by atoms with Gasteiger partial charge in [0.15, 0.2) is 5.78 Å². The van der Waals surface area contributed by atoms with Gasteiger partial charge in [-0.15, -0.1) is 11.8 Å². The van der Waals surface area contributed by atoms with Crippen molar-refractivity contribution in [3.63, 3.8) is 0 Å². The molecule has 0 bridgehead atoms. The lowest BCUT2D eigenvalue weighted by atomic mass is 10.0. The number of aromatic nitrogens is 1. The Kier molecular flexibility index (Phi) is 6.26. The first kappa shape index (κ1) is 19.8. The summed E-state index contributed by atoms with van der Waals surface area (Å²) < 4.78 is 0. The highest BCUT2D eigenvalue weighted by Crippen LogP contribution is 2.28. The molecule has 1 atom stereocenters. The molecule has 6 nitrogen and oxygen atoms in total. The third kappa shape index (κ3) is 4.35. The van der Waals surface area contributed by atoms with E-state index >= 15 is 0 Å². The lowest BCUT2D eigenvalue weighted by Crippen LogP contribution is -2.27. The molecule has 7 heteroatoms. The van der Waals surface area contributed by atoms with Crippen LogP contribution in [0, 0.1) is 13.8 Å². The van der Waals surface area contributed by atoms with Crippen molar-refractivity contribution < 1.29 is 14.4 Å². The number of hydrogen-bond donors (Lipinski definition) is 3. The van der Waals surface area contributed by atoms with E-state index in [0.717, 1.165) is 10.6 Å². The number of para-hydroxylation sites is 1. The molecule has 4 N–H and O–H groups in total. The molecule has 0 aliphatic rings. The van der Waals surface area contributed by atoms with E-state index in [-0.39, 0.29) is 17.3 Å². The second-order valence-electron chi connectivity index (χ2n) is 6.16. The molecule has 0 unspecified atom stereocenters. The molecule has 138 valence electrons. The topological polar surface area (TPSA) is 105 Å². The average molecular weight is 373 g/mol. The zero-order chi connectivity index (χ0) is 19.4. The van der Waals surface area contributed by atoms with Gasteiger partial charge in [-0.05, 0) is 45.4 Å². The molecule has 1 aromatic heterocycles. The smallest absolute Gasteiger partial charge is 0.227 e. The number of ketones is 2. The lowest BCUT2D eigenvalue weighted by Gasteiger charge is -2.17. The number of thioether (sulfide) groups is 1. The van der Waals surface area contributed by atoms with E-state index in [1.165, 1.54) is 18.7 Å². The molecule has 1 amide bonds. The van der Waals surface area contributed by atoms with Crippen LogP contribution in [0.3, 0.4) is 0 Å². The molecule has 1 aromatic carbocycles. The predicted molar refractivity (Wildman–Crippen MR) is 104 cm³/mol. The largest absolute Gasteiger partial charge is 0.374 e. The zero-order valence-electron chi connectivity index (χ0n) is 15.3. The summed E-state index contributed by atoms with van der Waals surface area (Å²) in [6, 6.07) is 6.91. The van der Waals surface area contributed by atoms with Crippen LogP contribution < -0.4 is 11.1 Å². The van der Waals surface area contributed by atoms with Crippen molar-refractivity contribution in [2.75, 3.05) is 11.1 Å². The minimum absolute atomic E-state index is 0.0656. The van der Waals surface area contributed by atoms with Gasteiger partial charge in [0.2, 0.25) is 11.7 Å². The summed E-state index contributed by atoms with van der Waals surface area (Å²) in [6.45, 7) is 6.82. The van der Waals surface area contributed by atoms with Crippen molar-refractivity contribution in [2.24, 2.45) is 5.73 Å². The van der Waals surface area contributed by atoms with Crippen LogP contribution in [0.25, 0.3) is 0 Å². The average Bonchev–Trinajstić information content (AvgIpc) is 2.87. The number of carbonyl (C=O) groups is 3. The highest BCUT2D eigenvalue weighted by Gasteiger charge is 2.24. The Bertz CT molecular complexity index is 858. The van der Waals surface area contributed by atoms with Crippen LogP contribution in [0.4, 0.5) is 5.69 Å². The van der Waals surface area contributed by atoms with E-state index in [0.29, 0.717) is 22.5 Å². The van der Waals surface area contributed by atoms with Gasteiger partial charge >= 0.3 is 0 Å². The second kappa shape index (κ2) is 8.23. The number of anilines is 1. The number of aryl methyl sites for hydroxylation is 1. The number of carbonyl (C=O) groups excluding carboxylic acids is 3. The predicted octanol–water partition coefficient (Wildman–Crippen LogP) is 3.09. The highest BCUT2D eigenvalue weighted by atomic mass is 32.2. The summed E-state index contributed by atoms with van der Waals surface area (Å²) in [5, 5.41) is 3.19. The molecule has 0 aliphatic carbocycles. The van der Waals surface area contributed by atoms with Crippen molar-refractivity contribution in [1.29, 1.82) is 0 Å². The fourth-order valence-corrected chi connectivity index (χ4v) is 3.66. The third-order valence-electron chi connectivity index (χ3n) is 4.06. The van der Waals surface area contributed by atoms with Gasteiger partial charge in [0.1, 0.15) is 0 Å². The molecule has 0 aliphatic heterocycles. The molecule has 0 fully saturated rings. The monoisotopic (exact) mass is 373 g/mol. The number of nitrogens with two attached hydrogens (primary N) is 1. The standard InChI is InChI=1S/C19H23N3O3S/c1-10-17(13(4)23)11(2)22-18(10)19(25)12(3)21-14-7-5-6-8-15(14)26-9-16(20)24/h5-8,12,21-22H,9H2,1-4H3,(H2,20,24)/t12-/m0/s1. The van der Waals surface area contributed by atoms with Gasteiger partial charge in [-0.3, -0.25) is 14.4 Å². The van der Waals surface area contributed by atoms with E-state index < -0.39 is 11.9 Å². The van der Waals surface area contributed by atoms with Crippen LogP contribution in [0.1, 0.15) is 46.0 Å². The van der Waals surface area contributed by atoms with E-state index in [2.05, 4.69) is 10.3 Å². The van der Waals surface area contributed by atoms with E-state index in [1.54, 1.807) is 20.8 Å². The van der Waals surface area contributed by atoms with Crippen LogP contribution >= 0.6 is 11.8 Å². The van der Waals surface area contributed by atoms with Crippen LogP contribution in [-0.4, -0.2) is 34.3 Å². The lowest BCUT2D eigenvalue weighted by molar-refractivity contribution is -0.115. The minimum Gasteiger partial charge on any atom is -0.374 e. The summed E-state index contributed by atoms with van der Waals surface area (Å²) in [6.07, 6.45) is 0. The van der Waals surface area contributed by atoms with Gasteiger partial charge in [-0.2, -0.15) is 0 Å². The Morgan fingerprint density at radius 1 is 1.23 bits per heavy atom. The van der Waals surface area contributed by atoms with Crippen LogP contribution in [-0.2, 0) is 4.79 Å². The molecule has 1 heterocycles. The van der Waals surface area contributed by atoms with Crippen LogP contribution in [0.2, 0.25) is 0 Å². The maximum Gasteiger partial charge on any atom is 0.227 e. The number of aromatic amines is 1. The number of H-pyrrole nitrogens is 1. The van der Waals surface area contributed by atoms with Crippen molar-refractivity contribution >= 4 is 34.9 Å². The molecule has 2 aromatic rings. The first-order valence-electron chi connectivity index (χ1n) is 8.23. The number of hydrogen-bond acceptors (Lipinski definition) is 5. The molecular weight excluding hydrogens is 350 g/mol. The molecule has 2 rings (SSSR count). The zero-order valence-corrected chi connectivity index (χ0v) is 16.1. The quantitative estimate of drug-likeness (QED) is 0.487. The molecule has 0 spiro atoms. The van der Waals surface area contributed by atoms with Crippen molar-refractivity contribution in [1.82, 2.24) is 4.98 Å². The van der Waals surface area contributed by atoms with E-state index in [9.17, 15) is 14.4 Å². The number of rotatable bonds is 8. The van der Waals surface area contributed by atoms with Gasteiger partial charge < -0.3 is 16.0 Å². The van der Waals surface area contributed by atoms with E-state index in [4.69, 9.17) is 5.73 Å². The summed E-state index contributed by atoms with van der Waals surface area (Å²) in [7, 11) is 0. The molecule has 0 radical (unpaired) electrons. The second-order valence-corrected chi connectivity index (χ2v) is 7.18. The molecular formula is C19H23N3O3S. The van der Waals surface area contributed by atoms with Crippen molar-refractivity contribution in [3.05, 3.63) is 46.8 Å². The Labute approximate surface area is 156 Å². The maximum atomic E-state index is 12.8. The van der Waals surface area contributed by atoms with Crippen LogP contribution in [0.15, 0.2) is 29.2 Å². The molecule has 0 saturated heterocycles. The SMILES string of the molecule is CC(=O)c1c(C)[nH]c(C(=O)[C@H](C)Nc2ccccc2SCC(N)=O)c1C. The Morgan fingerprint density at radius 2 is 1.88 bits per heavy atom. The summed E-state index contributed by atoms with van der Waals surface area (Å²) in [5.41, 5.74) is 8.34. The third-order valence-corrected chi connectivity index (χ3v) is 5.15. The van der Waals surface area contributed by atoms with Gasteiger partial charge in [0.25, 0.3) is 0 Å². The van der Waals surface area contributed by atoms with Gasteiger partial charge in [0, 0.05) is 21.8 Å². The molecule has 26 heavy (non-hydrogen) atoms. The first-order chi connectivity index (χ1) is 12.2. The van der Waals surface area contributed by atoms with Gasteiger partial charge in [-0.25, -0.2) is 0 Å². The molecule has 0 saturated carbocycles. The van der Waals surface area contributed by atoms with Crippen molar-refractivity contribution in [2.45, 2.75) is 38.6 Å². The maximum absolute atomic E-state index is 12.8. The summed E-state index contributed by atoms with van der Waals surface area (Å²) >= 11 is 1.32. The minimum atomic E-state index is -0.512. The first-order valence-corrected chi connectivity index (χ1v) is 9.22. The van der Waals surface area contributed by atoms with Crippen LogP contribution in [0.5, 0.6) is 0 Å². The summed E-state index contributed by atoms with van der Waals surface area (Å²) in [4.78, 5) is 39.5. The number of benzene rings is 1. The Balaban J connectivity index is 2.22. The normalized spacial score (nSPS) is 11.8. The Morgan fingerprint density at radius 3 is 2.46 bits per heavy atom. The highest BCUT2D eigenvalue weighted by molar-refractivity contribution is 8.00.